The topological polar surface area (TPSA) is 38.3 Å². The van der Waals surface area contributed by atoms with Crippen LogP contribution in [0.15, 0.2) is 24.3 Å². The summed E-state index contributed by atoms with van der Waals surface area (Å²) >= 11 is 6.13. The van der Waals surface area contributed by atoms with Crippen molar-refractivity contribution in [2.24, 2.45) is 0 Å². The third-order valence-electron chi connectivity index (χ3n) is 3.91. The lowest BCUT2D eigenvalue weighted by Gasteiger charge is -2.36. The molecule has 0 heterocycles. The first-order chi connectivity index (χ1) is 10.0. The number of nitrogens with one attached hydrogen (secondary N) is 1. The molecule has 1 fully saturated rings. The fourth-order valence-corrected chi connectivity index (χ4v) is 3.15. The number of hydrogen-bond acceptors (Lipinski definition) is 2. The molecule has 0 bridgehead atoms. The highest BCUT2D eigenvalue weighted by Crippen LogP contribution is 2.29. The normalized spacial score (nSPS) is 17.5. The van der Waals surface area contributed by atoms with Gasteiger partial charge in [0.15, 0.2) is 0 Å². The molecule has 0 unspecified atom stereocenters. The molecule has 1 aromatic rings. The van der Waals surface area contributed by atoms with Crippen molar-refractivity contribution < 1.29 is 9.53 Å². The molecule has 3 nitrogen and oxygen atoms in total. The lowest BCUT2D eigenvalue weighted by atomic mass is 9.83. The highest BCUT2D eigenvalue weighted by molar-refractivity contribution is 6.19. The van der Waals surface area contributed by atoms with Gasteiger partial charge >= 0.3 is 0 Å². The third-order valence-corrected chi connectivity index (χ3v) is 4.42. The lowest BCUT2D eigenvalue weighted by molar-refractivity contribution is 0.0884. The van der Waals surface area contributed by atoms with Crippen molar-refractivity contribution in [2.75, 3.05) is 5.88 Å². The van der Waals surface area contributed by atoms with Crippen molar-refractivity contribution >= 4 is 17.5 Å². The van der Waals surface area contributed by atoms with Gasteiger partial charge in [0.1, 0.15) is 5.75 Å². The molecule has 0 atom stereocenters. The summed E-state index contributed by atoms with van der Waals surface area (Å²) in [6, 6.07) is 7.32. The predicted molar refractivity (Wildman–Crippen MR) is 86.2 cm³/mol. The average Bonchev–Trinajstić information content (AvgIpc) is 2.48. The Morgan fingerprint density at radius 2 is 2.05 bits per heavy atom. The van der Waals surface area contributed by atoms with Crippen LogP contribution in [0.2, 0.25) is 0 Å². The van der Waals surface area contributed by atoms with E-state index in [-0.39, 0.29) is 17.6 Å². The Balaban J connectivity index is 2.08. The van der Waals surface area contributed by atoms with Crippen LogP contribution < -0.4 is 10.1 Å². The Kier molecular flexibility index (Phi) is 5.51. The van der Waals surface area contributed by atoms with Crippen LogP contribution in [-0.2, 0) is 0 Å². The van der Waals surface area contributed by atoms with Crippen LogP contribution in [0.3, 0.4) is 0 Å². The van der Waals surface area contributed by atoms with E-state index in [4.69, 9.17) is 16.3 Å². The second kappa shape index (κ2) is 7.17. The van der Waals surface area contributed by atoms with Gasteiger partial charge in [-0.25, -0.2) is 0 Å². The van der Waals surface area contributed by atoms with E-state index in [9.17, 15) is 4.79 Å². The number of amides is 1. The van der Waals surface area contributed by atoms with Gasteiger partial charge in [-0.1, -0.05) is 25.3 Å². The smallest absolute Gasteiger partial charge is 0.251 e. The van der Waals surface area contributed by atoms with E-state index in [1.54, 1.807) is 6.07 Å². The summed E-state index contributed by atoms with van der Waals surface area (Å²) in [6.45, 7) is 3.94. The fraction of sp³-hybridized carbons (Fsp3) is 0.588. The van der Waals surface area contributed by atoms with Crippen LogP contribution >= 0.6 is 11.6 Å². The molecule has 21 heavy (non-hydrogen) atoms. The molecule has 0 aromatic heterocycles. The van der Waals surface area contributed by atoms with Crippen LogP contribution in [0.1, 0.15) is 56.3 Å². The number of carbonyl (C=O) groups is 1. The summed E-state index contributed by atoms with van der Waals surface area (Å²) in [5, 5.41) is 3.15. The van der Waals surface area contributed by atoms with Crippen LogP contribution in [0.5, 0.6) is 5.75 Å². The third kappa shape index (κ3) is 4.37. The van der Waals surface area contributed by atoms with Crippen LogP contribution in [0.4, 0.5) is 0 Å². The van der Waals surface area contributed by atoms with E-state index >= 15 is 0 Å². The van der Waals surface area contributed by atoms with E-state index in [1.807, 2.05) is 32.0 Å². The van der Waals surface area contributed by atoms with Crippen molar-refractivity contribution in [3.63, 3.8) is 0 Å². The van der Waals surface area contributed by atoms with Gasteiger partial charge < -0.3 is 10.1 Å². The molecule has 4 heteroatoms. The molecular weight excluding hydrogens is 286 g/mol. The van der Waals surface area contributed by atoms with Crippen LogP contribution in [0.25, 0.3) is 0 Å². The largest absolute Gasteiger partial charge is 0.491 e. The van der Waals surface area contributed by atoms with E-state index in [0.717, 1.165) is 31.4 Å². The first kappa shape index (κ1) is 16.2. The van der Waals surface area contributed by atoms with Crippen molar-refractivity contribution in [2.45, 2.75) is 57.6 Å². The minimum atomic E-state index is -0.244. The molecule has 0 aliphatic heterocycles. The molecule has 1 aliphatic carbocycles. The molecule has 0 radical (unpaired) electrons. The Morgan fingerprint density at radius 3 is 2.67 bits per heavy atom. The second-order valence-corrected chi connectivity index (χ2v) is 6.39. The van der Waals surface area contributed by atoms with Gasteiger partial charge in [0, 0.05) is 11.4 Å². The SMILES string of the molecule is CC(C)Oc1cccc(C(=O)NC2(CCl)CCCCC2)c1. The maximum absolute atomic E-state index is 12.5. The van der Waals surface area contributed by atoms with Crippen molar-refractivity contribution in [1.29, 1.82) is 0 Å². The number of hydrogen-bond donors (Lipinski definition) is 1. The summed E-state index contributed by atoms with van der Waals surface area (Å²) in [7, 11) is 0. The maximum atomic E-state index is 12.5. The van der Waals surface area contributed by atoms with Crippen molar-refractivity contribution in [1.82, 2.24) is 5.32 Å². The molecule has 1 aromatic carbocycles. The molecule has 0 spiro atoms. The van der Waals surface area contributed by atoms with Crippen molar-refractivity contribution in [3.05, 3.63) is 29.8 Å². The quantitative estimate of drug-likeness (QED) is 0.830. The highest BCUT2D eigenvalue weighted by Gasteiger charge is 2.32. The Bertz CT molecular complexity index is 481. The van der Waals surface area contributed by atoms with Crippen molar-refractivity contribution in [3.8, 4) is 5.75 Å². The molecule has 1 saturated carbocycles. The number of alkyl halides is 1. The van der Waals surface area contributed by atoms with E-state index in [1.165, 1.54) is 6.42 Å². The molecular formula is C17H24ClNO2. The Hall–Kier alpha value is -1.22. The monoisotopic (exact) mass is 309 g/mol. The van der Waals surface area contributed by atoms with Gasteiger partial charge in [0.25, 0.3) is 5.91 Å². The number of carbonyl (C=O) groups excluding carboxylic acids is 1. The standard InChI is InChI=1S/C17H24ClNO2/c1-13(2)21-15-8-6-7-14(11-15)16(20)19-17(12-18)9-4-3-5-10-17/h6-8,11,13H,3-5,9-10,12H2,1-2H3,(H,19,20). The first-order valence-corrected chi connectivity index (χ1v) is 8.23. The molecule has 1 amide bonds. The van der Waals surface area contributed by atoms with Gasteiger partial charge in [0.05, 0.1) is 11.6 Å². The summed E-state index contributed by atoms with van der Waals surface area (Å²) in [6.07, 6.45) is 5.50. The predicted octanol–water partition coefficient (Wildman–Crippen LogP) is 4.15. The highest BCUT2D eigenvalue weighted by atomic mass is 35.5. The zero-order valence-corrected chi connectivity index (χ0v) is 13.6. The van der Waals surface area contributed by atoms with E-state index in [2.05, 4.69) is 5.32 Å². The second-order valence-electron chi connectivity index (χ2n) is 6.12. The zero-order valence-electron chi connectivity index (χ0n) is 12.8. The lowest BCUT2D eigenvalue weighted by Crippen LogP contribution is -2.51. The van der Waals surface area contributed by atoms with Gasteiger partial charge in [-0.2, -0.15) is 0 Å². The molecule has 2 rings (SSSR count). The maximum Gasteiger partial charge on any atom is 0.251 e. The molecule has 1 N–H and O–H groups in total. The minimum Gasteiger partial charge on any atom is -0.491 e. The van der Waals surface area contributed by atoms with Gasteiger partial charge in [-0.3, -0.25) is 4.79 Å². The number of rotatable bonds is 5. The van der Waals surface area contributed by atoms with Gasteiger partial charge in [-0.15, -0.1) is 11.6 Å². The summed E-state index contributed by atoms with van der Waals surface area (Å²) < 4.78 is 5.64. The summed E-state index contributed by atoms with van der Waals surface area (Å²) in [4.78, 5) is 12.5. The minimum absolute atomic E-state index is 0.0632. The molecule has 1 aliphatic rings. The number of ether oxygens (including phenoxy) is 1. The van der Waals surface area contributed by atoms with Crippen LogP contribution in [-0.4, -0.2) is 23.4 Å². The van der Waals surface area contributed by atoms with E-state index in [0.29, 0.717) is 11.4 Å². The van der Waals surface area contributed by atoms with Gasteiger partial charge in [-0.05, 0) is 44.9 Å². The number of benzene rings is 1. The average molecular weight is 310 g/mol. The number of halogens is 1. The Labute approximate surface area is 132 Å². The molecule has 0 saturated heterocycles. The Morgan fingerprint density at radius 1 is 1.33 bits per heavy atom. The molecule has 116 valence electrons. The van der Waals surface area contributed by atoms with E-state index < -0.39 is 0 Å². The fourth-order valence-electron chi connectivity index (χ4n) is 2.82. The summed E-state index contributed by atoms with van der Waals surface area (Å²) in [5.41, 5.74) is 0.384. The summed E-state index contributed by atoms with van der Waals surface area (Å²) in [5.74, 6) is 1.13. The zero-order chi connectivity index (χ0) is 15.3. The van der Waals surface area contributed by atoms with Gasteiger partial charge in [0.2, 0.25) is 0 Å². The van der Waals surface area contributed by atoms with Crippen LogP contribution in [0, 0.1) is 0 Å². The first-order valence-electron chi connectivity index (χ1n) is 7.70.